The highest BCUT2D eigenvalue weighted by molar-refractivity contribution is 7.01. The van der Waals surface area contributed by atoms with Crippen LogP contribution in [0.25, 0.3) is 88.4 Å². The highest BCUT2D eigenvalue weighted by Crippen LogP contribution is 2.63. The van der Waals surface area contributed by atoms with Crippen molar-refractivity contribution in [1.82, 2.24) is 9.13 Å². The predicted molar refractivity (Wildman–Crippen MR) is 311 cm³/mol. The van der Waals surface area contributed by atoms with E-state index in [4.69, 9.17) is 0 Å². The van der Waals surface area contributed by atoms with E-state index in [0.29, 0.717) is 22.7 Å². The summed E-state index contributed by atoms with van der Waals surface area (Å²) in [6.07, 6.45) is 10.0. The van der Waals surface area contributed by atoms with Crippen molar-refractivity contribution < 1.29 is 0 Å². The van der Waals surface area contributed by atoms with Crippen molar-refractivity contribution in [2.45, 2.75) is 96.3 Å². The van der Waals surface area contributed by atoms with Gasteiger partial charge < -0.3 is 9.13 Å². The van der Waals surface area contributed by atoms with Gasteiger partial charge in [-0.25, -0.2) is 0 Å². The van der Waals surface area contributed by atoms with Gasteiger partial charge in [0.05, 0.1) is 22.1 Å². The Balaban J connectivity index is 1.10. The van der Waals surface area contributed by atoms with Crippen LogP contribution in [0.1, 0.15) is 124 Å². The maximum Gasteiger partial charge on any atom is 0.253 e. The van der Waals surface area contributed by atoms with Crippen molar-refractivity contribution in [2.24, 2.45) is 10.8 Å². The second-order valence-electron chi connectivity index (χ2n) is 25.1. The van der Waals surface area contributed by atoms with Crippen molar-refractivity contribution in [3.63, 3.8) is 0 Å². The summed E-state index contributed by atoms with van der Waals surface area (Å²) in [4.78, 5) is 0. The monoisotopic (exact) mass is 950 g/mol. The molecule has 17 rings (SSSR count). The SMILES string of the molecule is CC1(C)CCC(c2cc3c4c(c2)c2cc(C5CCC(C)(C)CC5)cc5c2n4-c2c(ccc4c2B3c2c3ccccc3cc3c(-c6ccccc6)c(-c6ccccc6)n-4c23)C52c3ccccc3-c3ccccc32)CC1. The first kappa shape index (κ1) is 42.0. The fourth-order valence-corrected chi connectivity index (χ4v) is 16.5. The van der Waals surface area contributed by atoms with Gasteiger partial charge in [0.25, 0.3) is 6.71 Å². The fraction of sp³-hybridized carbons (Fsp3) is 0.239. The van der Waals surface area contributed by atoms with Crippen LogP contribution in [0.5, 0.6) is 0 Å². The third kappa shape index (κ3) is 5.28. The van der Waals surface area contributed by atoms with Crippen LogP contribution in [0.3, 0.4) is 0 Å². The summed E-state index contributed by atoms with van der Waals surface area (Å²) in [5, 5.41) is 6.92. The average Bonchev–Trinajstić information content (AvgIpc) is 4.07. The van der Waals surface area contributed by atoms with Crippen molar-refractivity contribution >= 4 is 66.6 Å². The zero-order chi connectivity index (χ0) is 49.0. The van der Waals surface area contributed by atoms with Crippen LogP contribution < -0.4 is 16.4 Å². The average molecular weight is 951 g/mol. The van der Waals surface area contributed by atoms with Crippen molar-refractivity contribution in [2.75, 3.05) is 0 Å². The molecule has 356 valence electrons. The Hall–Kier alpha value is -7.36. The second-order valence-corrected chi connectivity index (χ2v) is 25.1. The Morgan fingerprint density at radius 1 is 0.432 bits per heavy atom. The lowest BCUT2D eigenvalue weighted by Gasteiger charge is -2.44. The van der Waals surface area contributed by atoms with Crippen LogP contribution in [0.15, 0.2) is 176 Å². The minimum Gasteiger partial charge on any atom is -0.310 e. The molecule has 0 amide bonds. The first-order chi connectivity index (χ1) is 36.2. The molecule has 3 aliphatic carbocycles. The Kier molecular flexibility index (Phi) is 8.23. The zero-order valence-corrected chi connectivity index (χ0v) is 43.0. The predicted octanol–water partition coefficient (Wildman–Crippen LogP) is 16.4. The number of hydrogen-bond donors (Lipinski definition) is 0. The molecule has 2 fully saturated rings. The highest BCUT2D eigenvalue weighted by Gasteiger charge is 2.55. The minimum absolute atomic E-state index is 0.00743. The van der Waals surface area contributed by atoms with Crippen LogP contribution in [0, 0.1) is 10.8 Å². The molecule has 0 radical (unpaired) electrons. The van der Waals surface area contributed by atoms with E-state index in [1.807, 2.05) is 0 Å². The summed E-state index contributed by atoms with van der Waals surface area (Å²) < 4.78 is 5.59. The van der Waals surface area contributed by atoms with E-state index in [9.17, 15) is 0 Å². The van der Waals surface area contributed by atoms with Gasteiger partial charge in [-0.2, -0.15) is 0 Å². The van der Waals surface area contributed by atoms with Gasteiger partial charge in [0.1, 0.15) is 0 Å². The Morgan fingerprint density at radius 3 is 1.66 bits per heavy atom. The molecule has 1 spiro atoms. The molecule has 9 aromatic carbocycles. The number of aromatic nitrogens is 2. The number of fused-ring (bicyclic) bond motifs is 13. The smallest absolute Gasteiger partial charge is 0.253 e. The third-order valence-electron chi connectivity index (χ3n) is 20.1. The summed E-state index contributed by atoms with van der Waals surface area (Å²) in [5.74, 6) is 1.05. The summed E-state index contributed by atoms with van der Waals surface area (Å²) in [5.41, 5.74) is 28.2. The molecule has 2 saturated carbocycles. The van der Waals surface area contributed by atoms with E-state index in [0.717, 1.165) is 0 Å². The largest absolute Gasteiger partial charge is 0.310 e. The van der Waals surface area contributed by atoms with Crippen LogP contribution in [0.4, 0.5) is 0 Å². The molecule has 3 heteroatoms. The lowest BCUT2D eigenvalue weighted by Crippen LogP contribution is -2.60. The van der Waals surface area contributed by atoms with Gasteiger partial charge in [0, 0.05) is 38.6 Å². The summed E-state index contributed by atoms with van der Waals surface area (Å²) >= 11 is 0. The van der Waals surface area contributed by atoms with E-state index >= 15 is 0 Å². The molecule has 0 saturated heterocycles. The summed E-state index contributed by atoms with van der Waals surface area (Å²) in [6, 6.07) is 69.6. The Bertz CT molecular complexity index is 4210. The fourth-order valence-electron chi connectivity index (χ4n) is 16.5. The number of rotatable bonds is 4. The first-order valence-electron chi connectivity index (χ1n) is 27.9. The topological polar surface area (TPSA) is 9.86 Å². The molecule has 0 N–H and O–H groups in total. The van der Waals surface area contributed by atoms with Gasteiger partial charge in [0.15, 0.2) is 0 Å². The molecule has 74 heavy (non-hydrogen) atoms. The lowest BCUT2D eigenvalue weighted by molar-refractivity contribution is 0.224. The van der Waals surface area contributed by atoms with Gasteiger partial charge >= 0.3 is 0 Å². The molecule has 0 unspecified atom stereocenters. The molecular formula is C71H59BN2. The molecule has 2 nitrogen and oxygen atoms in total. The van der Waals surface area contributed by atoms with E-state index in [1.165, 1.54) is 178 Å². The van der Waals surface area contributed by atoms with Gasteiger partial charge in [-0.3, -0.25) is 0 Å². The van der Waals surface area contributed by atoms with Crippen molar-refractivity contribution in [3.8, 4) is 44.9 Å². The maximum atomic E-state index is 2.85. The van der Waals surface area contributed by atoms with E-state index in [2.05, 4.69) is 213 Å². The molecule has 11 aromatic rings. The number of hydrogen-bond acceptors (Lipinski definition) is 0. The number of benzene rings is 9. The molecule has 2 aromatic heterocycles. The molecule has 5 heterocycles. The van der Waals surface area contributed by atoms with Crippen LogP contribution in [0.2, 0.25) is 0 Å². The quantitative estimate of drug-likeness (QED) is 0.156. The van der Waals surface area contributed by atoms with Crippen LogP contribution >= 0.6 is 0 Å². The van der Waals surface area contributed by atoms with Gasteiger partial charge in [-0.05, 0) is 181 Å². The minimum atomic E-state index is -0.521. The highest BCUT2D eigenvalue weighted by atomic mass is 15.1. The lowest BCUT2D eigenvalue weighted by atomic mass is 9.33. The second kappa shape index (κ2) is 14.5. The summed E-state index contributed by atoms with van der Waals surface area (Å²) in [7, 11) is 0. The van der Waals surface area contributed by atoms with Gasteiger partial charge in [-0.15, -0.1) is 0 Å². The first-order valence-corrected chi connectivity index (χ1v) is 27.9. The van der Waals surface area contributed by atoms with Crippen LogP contribution in [-0.2, 0) is 5.41 Å². The van der Waals surface area contributed by atoms with Crippen molar-refractivity contribution in [3.05, 3.63) is 209 Å². The molecule has 0 atom stereocenters. The number of nitrogens with zero attached hydrogens (tertiary/aromatic N) is 2. The van der Waals surface area contributed by atoms with E-state index in [-0.39, 0.29) is 6.71 Å². The third-order valence-corrected chi connectivity index (χ3v) is 20.1. The standard InChI is InChI=1S/C71H59BN2/c1-69(2)33-29-42(30-34-69)47-38-52-53-39-48(43-31-35-70(3,4)36-32-43)41-59-66(53)74-65(52)58(40-47)71(55-25-15-13-23-50(55)51-24-14-16-26-56(51)71)57-27-28-60-63(68(57)74)72(59)62-49-22-12-11-21-46(49)37-54-61(44-17-7-5-8-18-44)64(73(60)67(54)62)45-19-9-6-10-20-45/h5-28,37-43H,29-36H2,1-4H3. The Morgan fingerprint density at radius 2 is 1.00 bits per heavy atom. The molecule has 6 aliphatic rings. The zero-order valence-electron chi connectivity index (χ0n) is 43.0. The van der Waals surface area contributed by atoms with Crippen LogP contribution in [-0.4, -0.2) is 15.8 Å². The maximum absolute atomic E-state index is 2.85. The van der Waals surface area contributed by atoms with Gasteiger partial charge in [0.2, 0.25) is 0 Å². The molecule has 0 bridgehead atoms. The Labute approximate surface area is 434 Å². The normalized spacial score (nSPS) is 18.3. The van der Waals surface area contributed by atoms with Gasteiger partial charge in [-0.1, -0.05) is 179 Å². The van der Waals surface area contributed by atoms with Crippen molar-refractivity contribution in [1.29, 1.82) is 0 Å². The summed E-state index contributed by atoms with van der Waals surface area (Å²) in [6.45, 7) is 9.99. The van der Waals surface area contributed by atoms with E-state index in [1.54, 1.807) is 11.1 Å². The van der Waals surface area contributed by atoms with E-state index < -0.39 is 5.41 Å². The molecule has 3 aliphatic heterocycles. The molecular weight excluding hydrogens is 892 g/mol.